The summed E-state index contributed by atoms with van der Waals surface area (Å²) in [5, 5.41) is 12.6. The molecule has 1 aromatic rings. The summed E-state index contributed by atoms with van der Waals surface area (Å²) in [6, 6.07) is 3.29. The molecule has 0 spiro atoms. The average Bonchev–Trinajstić information content (AvgIpc) is 2.16. The van der Waals surface area contributed by atoms with Crippen LogP contribution in [0.2, 0.25) is 5.02 Å². The van der Waals surface area contributed by atoms with E-state index in [1.807, 2.05) is 0 Å². The third-order valence-corrected chi connectivity index (χ3v) is 2.58. The second kappa shape index (κ2) is 3.50. The molecule has 3 nitrogen and oxygen atoms in total. The summed E-state index contributed by atoms with van der Waals surface area (Å²) in [5.74, 6) is -0.910. The maximum atomic E-state index is 10.9. The summed E-state index contributed by atoms with van der Waals surface area (Å²) in [6.45, 7) is 0.881. The maximum absolute atomic E-state index is 10.9. The number of carbonyl (C=O) groups is 1. The number of hydrogen-bond acceptors (Lipinski definition) is 2. The quantitative estimate of drug-likeness (QED) is 0.750. The van der Waals surface area contributed by atoms with Gasteiger partial charge in [-0.05, 0) is 30.5 Å². The fourth-order valence-corrected chi connectivity index (χ4v) is 1.96. The van der Waals surface area contributed by atoms with Crippen molar-refractivity contribution in [2.75, 3.05) is 11.9 Å². The fraction of sp³-hybridized carbons (Fsp3) is 0.300. The third-order valence-electron chi connectivity index (χ3n) is 2.36. The zero-order valence-corrected chi connectivity index (χ0v) is 8.27. The van der Waals surface area contributed by atoms with Gasteiger partial charge in [-0.1, -0.05) is 11.6 Å². The Morgan fingerprint density at radius 2 is 2.29 bits per heavy atom. The zero-order valence-electron chi connectivity index (χ0n) is 7.51. The van der Waals surface area contributed by atoms with Crippen LogP contribution in [0.5, 0.6) is 0 Å². The summed E-state index contributed by atoms with van der Waals surface area (Å²) in [4.78, 5) is 10.9. The Morgan fingerprint density at radius 3 is 3.00 bits per heavy atom. The average molecular weight is 212 g/mol. The highest BCUT2D eigenvalue weighted by Gasteiger charge is 2.17. The van der Waals surface area contributed by atoms with Crippen molar-refractivity contribution >= 4 is 23.3 Å². The number of carboxylic acid groups (broad SMARTS) is 1. The number of aromatic carboxylic acids is 1. The van der Waals surface area contributed by atoms with Crippen LogP contribution >= 0.6 is 11.6 Å². The first-order valence-electron chi connectivity index (χ1n) is 4.48. The molecule has 0 atom stereocenters. The lowest BCUT2D eigenvalue weighted by molar-refractivity contribution is 0.0695. The van der Waals surface area contributed by atoms with Gasteiger partial charge in [-0.3, -0.25) is 0 Å². The molecule has 2 N–H and O–H groups in total. The molecule has 1 aromatic carbocycles. The predicted molar refractivity (Wildman–Crippen MR) is 55.2 cm³/mol. The summed E-state index contributed by atoms with van der Waals surface area (Å²) in [7, 11) is 0. The third kappa shape index (κ3) is 1.55. The molecular formula is C10H10ClNO2. The number of hydrogen-bond donors (Lipinski definition) is 2. The van der Waals surface area contributed by atoms with Gasteiger partial charge < -0.3 is 10.4 Å². The molecule has 0 saturated heterocycles. The smallest absolute Gasteiger partial charge is 0.336 e. The summed E-state index contributed by atoms with van der Waals surface area (Å²) in [6.07, 6.45) is 1.77. The van der Waals surface area contributed by atoms with Gasteiger partial charge in [0.15, 0.2) is 0 Å². The Hall–Kier alpha value is -1.22. The number of carboxylic acids is 1. The van der Waals surface area contributed by atoms with E-state index in [2.05, 4.69) is 5.32 Å². The molecule has 0 fully saturated rings. The van der Waals surface area contributed by atoms with Crippen LogP contribution in [0, 0.1) is 0 Å². The van der Waals surface area contributed by atoms with Gasteiger partial charge in [0.2, 0.25) is 0 Å². The molecule has 0 aromatic heterocycles. The molecule has 1 heterocycles. The van der Waals surface area contributed by atoms with Crippen molar-refractivity contribution in [2.45, 2.75) is 12.8 Å². The van der Waals surface area contributed by atoms with E-state index < -0.39 is 5.97 Å². The normalized spacial score (nSPS) is 14.4. The van der Waals surface area contributed by atoms with Crippen molar-refractivity contribution in [1.29, 1.82) is 0 Å². The number of nitrogens with one attached hydrogen (secondary N) is 1. The van der Waals surface area contributed by atoms with E-state index in [-0.39, 0.29) is 0 Å². The summed E-state index contributed by atoms with van der Waals surface area (Å²) < 4.78 is 0. The molecule has 0 saturated carbocycles. The molecule has 0 bridgehead atoms. The zero-order chi connectivity index (χ0) is 10.1. The molecule has 0 radical (unpaired) electrons. The van der Waals surface area contributed by atoms with Crippen molar-refractivity contribution in [3.63, 3.8) is 0 Å². The van der Waals surface area contributed by atoms with E-state index >= 15 is 0 Å². The molecule has 0 unspecified atom stereocenters. The van der Waals surface area contributed by atoms with Crippen LogP contribution in [0.25, 0.3) is 0 Å². The van der Waals surface area contributed by atoms with E-state index in [0.717, 1.165) is 30.6 Å². The van der Waals surface area contributed by atoms with E-state index in [0.29, 0.717) is 10.6 Å². The maximum Gasteiger partial charge on any atom is 0.336 e. The molecule has 1 aliphatic heterocycles. The Balaban J connectivity index is 2.58. The van der Waals surface area contributed by atoms with Crippen LogP contribution < -0.4 is 5.32 Å². The lowest BCUT2D eigenvalue weighted by Gasteiger charge is -2.19. The number of fused-ring (bicyclic) bond motifs is 1. The lowest BCUT2D eigenvalue weighted by Crippen LogP contribution is -2.15. The van der Waals surface area contributed by atoms with Crippen LogP contribution in [0.3, 0.4) is 0 Å². The standard InChI is InChI=1S/C10H10ClNO2/c11-6-4-8(10(13)14)7-2-1-3-12-9(7)5-6/h4-5,12H,1-3H2,(H,13,14). The lowest BCUT2D eigenvalue weighted by atomic mass is 9.98. The minimum atomic E-state index is -0.910. The monoisotopic (exact) mass is 211 g/mol. The van der Waals surface area contributed by atoms with Gasteiger partial charge in [-0.15, -0.1) is 0 Å². The number of rotatable bonds is 1. The van der Waals surface area contributed by atoms with Crippen molar-refractivity contribution < 1.29 is 9.90 Å². The van der Waals surface area contributed by atoms with Gasteiger partial charge in [0, 0.05) is 17.3 Å². The van der Waals surface area contributed by atoms with Crippen LogP contribution in [0.1, 0.15) is 22.3 Å². The first-order valence-corrected chi connectivity index (χ1v) is 4.86. The van der Waals surface area contributed by atoms with E-state index in [1.54, 1.807) is 6.07 Å². The molecule has 4 heteroatoms. The van der Waals surface area contributed by atoms with Crippen LogP contribution in [0.15, 0.2) is 12.1 Å². The number of halogens is 1. The molecule has 0 amide bonds. The highest BCUT2D eigenvalue weighted by Crippen LogP contribution is 2.29. The van der Waals surface area contributed by atoms with E-state index in [1.165, 1.54) is 6.07 Å². The highest BCUT2D eigenvalue weighted by molar-refractivity contribution is 6.31. The fourth-order valence-electron chi connectivity index (χ4n) is 1.74. The van der Waals surface area contributed by atoms with E-state index in [4.69, 9.17) is 16.7 Å². The SMILES string of the molecule is O=C(O)c1cc(Cl)cc2c1CCCN2. The second-order valence-electron chi connectivity index (χ2n) is 3.31. The van der Waals surface area contributed by atoms with E-state index in [9.17, 15) is 4.79 Å². The van der Waals surface area contributed by atoms with Gasteiger partial charge in [-0.25, -0.2) is 4.79 Å². The van der Waals surface area contributed by atoms with Crippen molar-refractivity contribution in [2.24, 2.45) is 0 Å². The molecule has 0 aliphatic carbocycles. The van der Waals surface area contributed by atoms with Crippen LogP contribution in [0.4, 0.5) is 5.69 Å². The molecule has 1 aliphatic rings. The minimum absolute atomic E-state index is 0.319. The van der Waals surface area contributed by atoms with Crippen LogP contribution in [-0.2, 0) is 6.42 Å². The molecule has 74 valence electrons. The molecule has 2 rings (SSSR count). The molecule has 14 heavy (non-hydrogen) atoms. The Labute approximate surface area is 86.7 Å². The first-order chi connectivity index (χ1) is 6.68. The molecular weight excluding hydrogens is 202 g/mol. The van der Waals surface area contributed by atoms with Gasteiger partial charge in [-0.2, -0.15) is 0 Å². The predicted octanol–water partition coefficient (Wildman–Crippen LogP) is 2.40. The first kappa shape index (κ1) is 9.34. The second-order valence-corrected chi connectivity index (χ2v) is 3.75. The van der Waals surface area contributed by atoms with Crippen LogP contribution in [-0.4, -0.2) is 17.6 Å². The summed E-state index contributed by atoms with van der Waals surface area (Å²) >= 11 is 5.82. The van der Waals surface area contributed by atoms with Crippen molar-refractivity contribution in [3.8, 4) is 0 Å². The summed E-state index contributed by atoms with van der Waals surface area (Å²) in [5.41, 5.74) is 2.05. The highest BCUT2D eigenvalue weighted by atomic mass is 35.5. The van der Waals surface area contributed by atoms with Crippen molar-refractivity contribution in [3.05, 3.63) is 28.3 Å². The van der Waals surface area contributed by atoms with Gasteiger partial charge in [0.25, 0.3) is 0 Å². The Bertz CT molecular complexity index is 390. The Kier molecular flexibility index (Phi) is 2.33. The number of anilines is 1. The topological polar surface area (TPSA) is 49.3 Å². The van der Waals surface area contributed by atoms with Gasteiger partial charge in [0.1, 0.15) is 0 Å². The Morgan fingerprint density at radius 1 is 1.50 bits per heavy atom. The minimum Gasteiger partial charge on any atom is -0.478 e. The number of benzene rings is 1. The van der Waals surface area contributed by atoms with Gasteiger partial charge in [0.05, 0.1) is 5.56 Å². The van der Waals surface area contributed by atoms with Gasteiger partial charge >= 0.3 is 5.97 Å². The largest absolute Gasteiger partial charge is 0.478 e. The van der Waals surface area contributed by atoms with Crippen molar-refractivity contribution in [1.82, 2.24) is 0 Å².